The molecule has 0 fully saturated rings. The molecule has 24 heavy (non-hydrogen) atoms. The van der Waals surface area contributed by atoms with Crippen LogP contribution in [0.2, 0.25) is 0 Å². The number of allylic oxidation sites excluding steroid dienone is 1. The van der Waals surface area contributed by atoms with E-state index in [1.54, 1.807) is 14.2 Å². The van der Waals surface area contributed by atoms with Crippen LogP contribution in [0.3, 0.4) is 0 Å². The minimum atomic E-state index is -0.462. The number of rotatable bonds is 6. The molecule has 0 saturated heterocycles. The number of carbonyl (C=O) groups excluding carboxylic acids is 1. The Labute approximate surface area is 141 Å². The van der Waals surface area contributed by atoms with E-state index in [4.69, 9.17) is 14.2 Å². The van der Waals surface area contributed by atoms with Gasteiger partial charge < -0.3 is 18.9 Å². The standard InChI is InChI=1S/C19H22O5/c1-12-16(10-13(21-2)11-17(20)22-3)19(24-5)15-9-7-6-8-14(15)18(12)23-4/h6-9,11H,10H2,1-5H3/b13-11+. The Kier molecular flexibility index (Phi) is 5.68. The summed E-state index contributed by atoms with van der Waals surface area (Å²) in [6.07, 6.45) is 1.72. The maximum Gasteiger partial charge on any atom is 0.333 e. The topological polar surface area (TPSA) is 54.0 Å². The molecular weight excluding hydrogens is 308 g/mol. The van der Waals surface area contributed by atoms with Crippen molar-refractivity contribution < 1.29 is 23.7 Å². The number of esters is 1. The highest BCUT2D eigenvalue weighted by molar-refractivity contribution is 5.96. The first-order valence-corrected chi connectivity index (χ1v) is 7.52. The number of hydrogen-bond acceptors (Lipinski definition) is 5. The van der Waals surface area contributed by atoms with E-state index in [0.717, 1.165) is 33.4 Å². The molecule has 0 aliphatic carbocycles. The zero-order valence-electron chi connectivity index (χ0n) is 14.6. The summed E-state index contributed by atoms with van der Waals surface area (Å²) in [7, 11) is 6.13. The lowest BCUT2D eigenvalue weighted by Gasteiger charge is -2.19. The van der Waals surface area contributed by atoms with Gasteiger partial charge >= 0.3 is 5.97 Å². The largest absolute Gasteiger partial charge is 0.500 e. The van der Waals surface area contributed by atoms with E-state index in [1.807, 2.05) is 31.2 Å². The van der Waals surface area contributed by atoms with Crippen molar-refractivity contribution in [3.8, 4) is 11.5 Å². The molecule has 0 aromatic heterocycles. The first-order chi connectivity index (χ1) is 11.6. The molecule has 0 N–H and O–H groups in total. The van der Waals surface area contributed by atoms with Crippen molar-refractivity contribution in [2.24, 2.45) is 0 Å². The second-order valence-electron chi connectivity index (χ2n) is 5.23. The van der Waals surface area contributed by atoms with E-state index >= 15 is 0 Å². The molecule has 0 aliphatic heterocycles. The minimum absolute atomic E-state index is 0.391. The van der Waals surface area contributed by atoms with E-state index in [9.17, 15) is 4.79 Å². The fourth-order valence-electron chi connectivity index (χ4n) is 2.81. The first kappa shape index (κ1) is 17.7. The van der Waals surface area contributed by atoms with E-state index < -0.39 is 5.97 Å². The monoisotopic (exact) mass is 330 g/mol. The summed E-state index contributed by atoms with van der Waals surface area (Å²) in [5.74, 6) is 1.56. The summed E-state index contributed by atoms with van der Waals surface area (Å²) >= 11 is 0. The van der Waals surface area contributed by atoms with Crippen LogP contribution >= 0.6 is 0 Å². The number of hydrogen-bond donors (Lipinski definition) is 0. The Morgan fingerprint density at radius 1 is 0.958 bits per heavy atom. The summed E-state index contributed by atoms with van der Waals surface area (Å²) in [5, 5.41) is 1.93. The molecular formula is C19H22O5. The van der Waals surface area contributed by atoms with Gasteiger partial charge in [0.2, 0.25) is 0 Å². The Bertz CT molecular complexity index is 777. The van der Waals surface area contributed by atoms with Crippen LogP contribution in [0.15, 0.2) is 36.1 Å². The number of benzene rings is 2. The van der Waals surface area contributed by atoms with Crippen LogP contribution in [0, 0.1) is 6.92 Å². The minimum Gasteiger partial charge on any atom is -0.500 e. The lowest BCUT2D eigenvalue weighted by molar-refractivity contribution is -0.135. The van der Waals surface area contributed by atoms with Gasteiger partial charge in [-0.1, -0.05) is 24.3 Å². The lowest BCUT2D eigenvalue weighted by atomic mass is 9.95. The Morgan fingerprint density at radius 3 is 2.04 bits per heavy atom. The lowest BCUT2D eigenvalue weighted by Crippen LogP contribution is -2.05. The number of fused-ring (bicyclic) bond motifs is 1. The summed E-state index contributed by atoms with van der Waals surface area (Å²) in [5.41, 5.74) is 1.85. The van der Waals surface area contributed by atoms with Gasteiger partial charge in [-0.15, -0.1) is 0 Å². The van der Waals surface area contributed by atoms with Crippen LogP contribution in [0.5, 0.6) is 11.5 Å². The van der Waals surface area contributed by atoms with Gasteiger partial charge in [0.1, 0.15) is 17.3 Å². The molecule has 0 bridgehead atoms. The van der Waals surface area contributed by atoms with Gasteiger partial charge in [-0.2, -0.15) is 0 Å². The van der Waals surface area contributed by atoms with Crippen LogP contribution < -0.4 is 9.47 Å². The normalized spacial score (nSPS) is 11.3. The van der Waals surface area contributed by atoms with Gasteiger partial charge in [-0.3, -0.25) is 0 Å². The first-order valence-electron chi connectivity index (χ1n) is 7.52. The van der Waals surface area contributed by atoms with Crippen molar-refractivity contribution in [3.05, 3.63) is 47.2 Å². The molecule has 128 valence electrons. The summed E-state index contributed by atoms with van der Waals surface area (Å²) in [4.78, 5) is 11.5. The van der Waals surface area contributed by atoms with Gasteiger partial charge in [0.25, 0.3) is 0 Å². The summed E-state index contributed by atoms with van der Waals surface area (Å²) < 4.78 is 21.3. The average Bonchev–Trinajstić information content (AvgIpc) is 2.61. The number of carbonyl (C=O) groups is 1. The highest BCUT2D eigenvalue weighted by Gasteiger charge is 2.19. The van der Waals surface area contributed by atoms with Crippen molar-refractivity contribution in [1.29, 1.82) is 0 Å². The van der Waals surface area contributed by atoms with Crippen molar-refractivity contribution >= 4 is 16.7 Å². The van der Waals surface area contributed by atoms with Gasteiger partial charge in [0.15, 0.2) is 0 Å². The molecule has 0 heterocycles. The van der Waals surface area contributed by atoms with Crippen LogP contribution in [-0.2, 0) is 20.7 Å². The van der Waals surface area contributed by atoms with Crippen LogP contribution in [0.25, 0.3) is 10.8 Å². The van der Waals surface area contributed by atoms with Crippen molar-refractivity contribution in [1.82, 2.24) is 0 Å². The SMILES string of the molecule is COC(=O)/C=C(\Cc1c(C)c(OC)c2ccccc2c1OC)OC. The molecule has 5 heteroatoms. The predicted molar refractivity (Wildman–Crippen MR) is 92.6 cm³/mol. The van der Waals surface area contributed by atoms with Crippen molar-refractivity contribution in [3.63, 3.8) is 0 Å². The Morgan fingerprint density at radius 2 is 1.54 bits per heavy atom. The van der Waals surface area contributed by atoms with Gasteiger partial charge in [0, 0.05) is 22.8 Å². The molecule has 0 spiro atoms. The molecule has 0 atom stereocenters. The zero-order valence-corrected chi connectivity index (χ0v) is 14.6. The molecule has 2 rings (SSSR count). The van der Waals surface area contributed by atoms with Crippen LogP contribution in [0.1, 0.15) is 11.1 Å². The number of methoxy groups -OCH3 is 4. The average molecular weight is 330 g/mol. The van der Waals surface area contributed by atoms with Gasteiger partial charge in [-0.05, 0) is 12.5 Å². The van der Waals surface area contributed by atoms with E-state index in [-0.39, 0.29) is 0 Å². The van der Waals surface area contributed by atoms with Gasteiger partial charge in [0.05, 0.1) is 34.5 Å². The quantitative estimate of drug-likeness (QED) is 0.461. The highest BCUT2D eigenvalue weighted by atomic mass is 16.5. The Hall–Kier alpha value is -2.69. The fraction of sp³-hybridized carbons (Fsp3) is 0.316. The van der Waals surface area contributed by atoms with Crippen molar-refractivity contribution in [2.45, 2.75) is 13.3 Å². The maximum absolute atomic E-state index is 11.5. The Balaban J connectivity index is 2.66. The van der Waals surface area contributed by atoms with E-state index in [0.29, 0.717) is 12.2 Å². The second-order valence-corrected chi connectivity index (χ2v) is 5.23. The second kappa shape index (κ2) is 7.73. The van der Waals surface area contributed by atoms with Crippen molar-refractivity contribution in [2.75, 3.05) is 28.4 Å². The smallest absolute Gasteiger partial charge is 0.333 e. The summed E-state index contributed by atoms with van der Waals surface area (Å²) in [6.45, 7) is 1.97. The fourth-order valence-corrected chi connectivity index (χ4v) is 2.81. The molecule has 0 unspecified atom stereocenters. The molecule has 0 radical (unpaired) electrons. The number of ether oxygens (including phenoxy) is 4. The molecule has 0 saturated carbocycles. The molecule has 5 nitrogen and oxygen atoms in total. The van der Waals surface area contributed by atoms with E-state index in [2.05, 4.69) is 4.74 Å². The zero-order chi connectivity index (χ0) is 17.7. The highest BCUT2D eigenvalue weighted by Crippen LogP contribution is 2.41. The molecule has 0 aliphatic rings. The van der Waals surface area contributed by atoms with Crippen LogP contribution in [0.4, 0.5) is 0 Å². The van der Waals surface area contributed by atoms with Gasteiger partial charge in [-0.25, -0.2) is 4.79 Å². The third-order valence-corrected chi connectivity index (χ3v) is 3.99. The van der Waals surface area contributed by atoms with Crippen LogP contribution in [-0.4, -0.2) is 34.4 Å². The molecule has 2 aromatic rings. The third-order valence-electron chi connectivity index (χ3n) is 3.99. The molecule has 0 amide bonds. The molecule has 2 aromatic carbocycles. The summed E-state index contributed by atoms with van der Waals surface area (Å²) in [6, 6.07) is 7.89. The third kappa shape index (κ3) is 3.30. The van der Waals surface area contributed by atoms with E-state index in [1.165, 1.54) is 20.3 Å². The predicted octanol–water partition coefficient (Wildman–Crippen LogP) is 3.41. The maximum atomic E-state index is 11.5.